The molecule has 0 unspecified atom stereocenters. The van der Waals surface area contributed by atoms with Crippen molar-refractivity contribution in [3.8, 4) is 12.3 Å². The Labute approximate surface area is 58.0 Å². The van der Waals surface area contributed by atoms with Crippen molar-refractivity contribution in [2.75, 3.05) is 0 Å². The van der Waals surface area contributed by atoms with Gasteiger partial charge in [-0.15, -0.1) is 6.42 Å². The molecule has 0 atom stereocenters. The second kappa shape index (κ2) is 1.98. The number of carboxylic acid groups (broad SMARTS) is 1. The summed E-state index contributed by atoms with van der Waals surface area (Å²) in [6, 6.07) is 0. The average Bonchev–Trinajstić information content (AvgIpc) is 1.80. The monoisotopic (exact) mass is 142 g/mol. The van der Waals surface area contributed by atoms with Crippen molar-refractivity contribution >= 4 is 5.97 Å². The summed E-state index contributed by atoms with van der Waals surface area (Å²) >= 11 is 0. The summed E-state index contributed by atoms with van der Waals surface area (Å²) in [5, 5.41) is 8.33. The first-order valence-corrected chi connectivity index (χ1v) is 2.97. The van der Waals surface area contributed by atoms with E-state index in [2.05, 4.69) is 0 Å². The van der Waals surface area contributed by atoms with Crippen molar-refractivity contribution in [1.29, 1.82) is 0 Å². The zero-order chi connectivity index (χ0) is 7.78. The van der Waals surface area contributed by atoms with E-state index in [4.69, 9.17) is 11.5 Å². The molecule has 0 heterocycles. The summed E-state index contributed by atoms with van der Waals surface area (Å²) < 4.78 is 12.7. The maximum atomic E-state index is 12.7. The highest BCUT2D eigenvalue weighted by molar-refractivity contribution is 5.72. The van der Waals surface area contributed by atoms with Crippen LogP contribution in [-0.2, 0) is 4.79 Å². The van der Waals surface area contributed by atoms with Crippen LogP contribution in [0.5, 0.6) is 0 Å². The Morgan fingerprint density at radius 3 is 2.60 bits per heavy atom. The van der Waals surface area contributed by atoms with Gasteiger partial charge in [0.25, 0.3) is 0 Å². The minimum Gasteiger partial charge on any atom is -0.481 e. The highest BCUT2D eigenvalue weighted by Gasteiger charge is 2.46. The molecule has 0 spiro atoms. The molecule has 3 heteroatoms. The lowest BCUT2D eigenvalue weighted by molar-refractivity contribution is -0.148. The summed E-state index contributed by atoms with van der Waals surface area (Å²) in [7, 11) is 0. The van der Waals surface area contributed by atoms with Gasteiger partial charge in [0, 0.05) is 12.8 Å². The van der Waals surface area contributed by atoms with Gasteiger partial charge in [0.05, 0.1) is 5.92 Å². The van der Waals surface area contributed by atoms with E-state index in [1.54, 1.807) is 0 Å². The molecule has 0 bridgehead atoms. The topological polar surface area (TPSA) is 37.3 Å². The van der Waals surface area contributed by atoms with Crippen LogP contribution in [0.3, 0.4) is 0 Å². The third-order valence-corrected chi connectivity index (χ3v) is 1.75. The highest BCUT2D eigenvalue weighted by Crippen LogP contribution is 2.40. The van der Waals surface area contributed by atoms with E-state index in [1.165, 1.54) is 0 Å². The Kier molecular flexibility index (Phi) is 1.40. The molecule has 0 radical (unpaired) electrons. The van der Waals surface area contributed by atoms with Crippen LogP contribution in [0.4, 0.5) is 4.39 Å². The van der Waals surface area contributed by atoms with Crippen molar-refractivity contribution < 1.29 is 14.3 Å². The average molecular weight is 142 g/mol. The summed E-state index contributed by atoms with van der Waals surface area (Å²) in [6.45, 7) is 0. The molecule has 0 aromatic carbocycles. The lowest BCUT2D eigenvalue weighted by Gasteiger charge is -2.34. The number of aliphatic carboxylic acids is 1. The summed E-state index contributed by atoms with van der Waals surface area (Å²) in [6.07, 6.45) is 4.75. The molecule has 54 valence electrons. The van der Waals surface area contributed by atoms with Gasteiger partial charge in [-0.05, 0) is 0 Å². The van der Waals surface area contributed by atoms with Gasteiger partial charge in [0.1, 0.15) is 0 Å². The fraction of sp³-hybridized carbons (Fsp3) is 0.571. The van der Waals surface area contributed by atoms with E-state index in [0.29, 0.717) is 0 Å². The van der Waals surface area contributed by atoms with Crippen molar-refractivity contribution in [3.05, 3.63) is 0 Å². The van der Waals surface area contributed by atoms with Crippen LogP contribution < -0.4 is 0 Å². The van der Waals surface area contributed by atoms with Crippen molar-refractivity contribution in [1.82, 2.24) is 0 Å². The molecule has 1 aliphatic carbocycles. The quantitative estimate of drug-likeness (QED) is 0.550. The molecule has 1 N–H and O–H groups in total. The number of carbonyl (C=O) groups is 1. The summed E-state index contributed by atoms with van der Waals surface area (Å²) in [4.78, 5) is 10.2. The van der Waals surface area contributed by atoms with Crippen molar-refractivity contribution in [2.24, 2.45) is 5.92 Å². The smallest absolute Gasteiger partial charge is 0.306 e. The molecule has 0 aromatic heterocycles. The predicted molar refractivity (Wildman–Crippen MR) is 33.0 cm³/mol. The van der Waals surface area contributed by atoms with Crippen LogP contribution in [0.25, 0.3) is 0 Å². The number of terminal acetylenes is 1. The Bertz CT molecular complexity index is 198. The van der Waals surface area contributed by atoms with Gasteiger partial charge in [-0.25, -0.2) is 4.39 Å². The van der Waals surface area contributed by atoms with E-state index in [9.17, 15) is 9.18 Å². The second-order valence-electron chi connectivity index (χ2n) is 2.55. The molecule has 0 aromatic rings. The molecule has 10 heavy (non-hydrogen) atoms. The predicted octanol–water partition coefficient (Wildman–Crippen LogP) is 0.823. The molecule has 0 aliphatic heterocycles. The van der Waals surface area contributed by atoms with Crippen LogP contribution in [0.2, 0.25) is 0 Å². The number of carboxylic acids is 1. The number of hydrogen-bond donors (Lipinski definition) is 1. The molecule has 2 nitrogen and oxygen atoms in total. The van der Waals surface area contributed by atoms with Gasteiger partial charge in [0.2, 0.25) is 0 Å². The van der Waals surface area contributed by atoms with Crippen LogP contribution in [0, 0.1) is 18.3 Å². The van der Waals surface area contributed by atoms with Crippen LogP contribution in [0.1, 0.15) is 12.8 Å². The van der Waals surface area contributed by atoms with Crippen molar-refractivity contribution in [2.45, 2.75) is 18.5 Å². The Balaban J connectivity index is 2.46. The maximum Gasteiger partial charge on any atom is 0.306 e. The van der Waals surface area contributed by atoms with Crippen LogP contribution in [0.15, 0.2) is 0 Å². The second-order valence-corrected chi connectivity index (χ2v) is 2.55. The zero-order valence-electron chi connectivity index (χ0n) is 5.30. The molecular formula is C7H7FO2. The van der Waals surface area contributed by atoms with Gasteiger partial charge in [-0.3, -0.25) is 4.79 Å². The van der Waals surface area contributed by atoms with Crippen LogP contribution in [-0.4, -0.2) is 16.7 Å². The largest absolute Gasteiger partial charge is 0.481 e. The van der Waals surface area contributed by atoms with Gasteiger partial charge < -0.3 is 5.11 Å². The number of hydrogen-bond acceptors (Lipinski definition) is 1. The molecule has 1 aliphatic rings. The van der Waals surface area contributed by atoms with E-state index < -0.39 is 17.6 Å². The Morgan fingerprint density at radius 1 is 1.80 bits per heavy atom. The third kappa shape index (κ3) is 0.971. The SMILES string of the molecule is C#CC1(F)CC(C(=O)O)C1. The Morgan fingerprint density at radius 2 is 2.30 bits per heavy atom. The summed E-state index contributed by atoms with van der Waals surface area (Å²) in [5.74, 6) is 0.409. The number of alkyl halides is 1. The lowest BCUT2D eigenvalue weighted by Crippen LogP contribution is -2.42. The van der Waals surface area contributed by atoms with E-state index in [-0.39, 0.29) is 12.8 Å². The van der Waals surface area contributed by atoms with Gasteiger partial charge in [-0.2, -0.15) is 0 Å². The molecule has 0 amide bonds. The molecular weight excluding hydrogens is 135 g/mol. The van der Waals surface area contributed by atoms with E-state index in [1.807, 2.05) is 5.92 Å². The molecule has 1 rings (SSSR count). The first-order valence-electron chi connectivity index (χ1n) is 2.97. The molecule has 1 saturated carbocycles. The van der Waals surface area contributed by atoms with Gasteiger partial charge in [0.15, 0.2) is 5.67 Å². The number of rotatable bonds is 1. The minimum absolute atomic E-state index is 0.0289. The lowest BCUT2D eigenvalue weighted by atomic mass is 9.73. The van der Waals surface area contributed by atoms with Crippen LogP contribution >= 0.6 is 0 Å². The summed E-state index contributed by atoms with van der Waals surface area (Å²) in [5.41, 5.74) is -1.64. The zero-order valence-corrected chi connectivity index (χ0v) is 5.30. The van der Waals surface area contributed by atoms with E-state index in [0.717, 1.165) is 0 Å². The first kappa shape index (κ1) is 7.07. The molecule has 0 saturated heterocycles. The minimum atomic E-state index is -1.64. The third-order valence-electron chi connectivity index (χ3n) is 1.75. The van der Waals surface area contributed by atoms with E-state index >= 15 is 0 Å². The highest BCUT2D eigenvalue weighted by atomic mass is 19.1. The Hall–Kier alpha value is -1.04. The van der Waals surface area contributed by atoms with Gasteiger partial charge in [-0.1, -0.05) is 5.92 Å². The fourth-order valence-corrected chi connectivity index (χ4v) is 1.01. The first-order chi connectivity index (χ1) is 4.57. The van der Waals surface area contributed by atoms with Gasteiger partial charge >= 0.3 is 5.97 Å². The fourth-order valence-electron chi connectivity index (χ4n) is 1.01. The van der Waals surface area contributed by atoms with Crippen molar-refractivity contribution in [3.63, 3.8) is 0 Å². The standard InChI is InChI=1S/C7H7FO2/c1-2-7(8)3-5(4-7)6(9)10/h1,5H,3-4H2,(H,9,10). The molecule has 1 fully saturated rings. The maximum absolute atomic E-state index is 12.7. The normalized spacial score (nSPS) is 37.8. The number of halogens is 1.